The van der Waals surface area contributed by atoms with Crippen molar-refractivity contribution in [3.63, 3.8) is 0 Å². The number of nitrogens with two attached hydrogens (primary N) is 1. The molecule has 3 rings (SSSR count). The Bertz CT molecular complexity index is 501. The summed E-state index contributed by atoms with van der Waals surface area (Å²) in [6, 6.07) is 2.20. The average molecular weight is 275 g/mol. The fourth-order valence-electron chi connectivity index (χ4n) is 3.87. The number of rotatable bonds is 4. The van der Waals surface area contributed by atoms with E-state index in [2.05, 4.69) is 6.07 Å². The highest BCUT2D eigenvalue weighted by Crippen LogP contribution is 2.50. The van der Waals surface area contributed by atoms with Crippen LogP contribution in [0, 0.1) is 0 Å². The molecule has 1 aromatic rings. The van der Waals surface area contributed by atoms with Crippen LogP contribution in [0.3, 0.4) is 0 Å². The third-order valence-corrected chi connectivity index (χ3v) is 5.26. The minimum absolute atomic E-state index is 0.116. The van der Waals surface area contributed by atoms with E-state index < -0.39 is 0 Å². The van der Waals surface area contributed by atoms with Crippen molar-refractivity contribution in [3.8, 4) is 11.5 Å². The maximum absolute atomic E-state index is 6.10. The van der Waals surface area contributed by atoms with E-state index in [1.807, 2.05) is 0 Å². The van der Waals surface area contributed by atoms with Gasteiger partial charge in [0, 0.05) is 28.7 Å². The summed E-state index contributed by atoms with van der Waals surface area (Å²) in [4.78, 5) is 0. The molecule has 0 atom stereocenters. The minimum Gasteiger partial charge on any atom is -0.496 e. The monoisotopic (exact) mass is 275 g/mol. The number of methoxy groups -OCH3 is 2. The molecule has 0 spiro atoms. The van der Waals surface area contributed by atoms with Crippen LogP contribution in [0.5, 0.6) is 11.5 Å². The number of hydrogen-bond donors (Lipinski definition) is 1. The Balaban J connectivity index is 2.18. The molecule has 3 nitrogen and oxygen atoms in total. The van der Waals surface area contributed by atoms with Gasteiger partial charge in [-0.2, -0.15) is 0 Å². The molecule has 0 saturated heterocycles. The normalized spacial score (nSPS) is 19.9. The number of hydrogen-bond acceptors (Lipinski definition) is 3. The summed E-state index contributed by atoms with van der Waals surface area (Å²) in [6.07, 6.45) is 8.29. The van der Waals surface area contributed by atoms with Crippen molar-refractivity contribution in [1.82, 2.24) is 0 Å². The van der Waals surface area contributed by atoms with Gasteiger partial charge in [0.25, 0.3) is 0 Å². The maximum atomic E-state index is 6.10. The van der Waals surface area contributed by atoms with Gasteiger partial charge in [0.05, 0.1) is 14.2 Å². The molecular formula is C17H25NO2. The molecule has 0 amide bonds. The van der Waals surface area contributed by atoms with Crippen LogP contribution in [0.2, 0.25) is 0 Å². The predicted octanol–water partition coefficient (Wildman–Crippen LogP) is 2.96. The molecule has 2 N–H and O–H groups in total. The Morgan fingerprint density at radius 1 is 1.05 bits per heavy atom. The summed E-state index contributed by atoms with van der Waals surface area (Å²) >= 11 is 0. The van der Waals surface area contributed by atoms with Gasteiger partial charge in [-0.25, -0.2) is 0 Å². The van der Waals surface area contributed by atoms with Crippen LogP contribution in [-0.4, -0.2) is 20.8 Å². The first kappa shape index (κ1) is 13.7. The smallest absolute Gasteiger partial charge is 0.126 e. The molecule has 0 aliphatic heterocycles. The minimum atomic E-state index is 0.116. The first-order valence-electron chi connectivity index (χ1n) is 7.73. The molecule has 0 radical (unpaired) electrons. The van der Waals surface area contributed by atoms with Crippen LogP contribution in [0.1, 0.15) is 48.8 Å². The van der Waals surface area contributed by atoms with E-state index in [-0.39, 0.29) is 5.41 Å². The Morgan fingerprint density at radius 3 is 2.25 bits per heavy atom. The van der Waals surface area contributed by atoms with Crippen molar-refractivity contribution in [2.75, 3.05) is 20.8 Å². The highest BCUT2D eigenvalue weighted by Gasteiger charge is 2.41. The lowest BCUT2D eigenvalue weighted by Gasteiger charge is -2.43. The van der Waals surface area contributed by atoms with Crippen LogP contribution < -0.4 is 15.2 Å². The Kier molecular flexibility index (Phi) is 3.63. The largest absolute Gasteiger partial charge is 0.496 e. The summed E-state index contributed by atoms with van der Waals surface area (Å²) in [5.74, 6) is 2.13. The van der Waals surface area contributed by atoms with E-state index in [9.17, 15) is 0 Å². The summed E-state index contributed by atoms with van der Waals surface area (Å²) in [6.45, 7) is 0.700. The molecule has 0 bridgehead atoms. The summed E-state index contributed by atoms with van der Waals surface area (Å²) in [7, 11) is 3.57. The molecule has 3 heteroatoms. The predicted molar refractivity (Wildman–Crippen MR) is 80.8 cm³/mol. The molecule has 2 aliphatic carbocycles. The lowest BCUT2D eigenvalue weighted by molar-refractivity contribution is 0.241. The van der Waals surface area contributed by atoms with Gasteiger partial charge in [-0.1, -0.05) is 6.42 Å². The molecule has 0 aromatic heterocycles. The van der Waals surface area contributed by atoms with E-state index in [0.717, 1.165) is 24.3 Å². The number of benzene rings is 1. The molecule has 1 aromatic carbocycles. The standard InChI is InChI=1S/C17H25NO2/c1-19-15-10-14(17(11-18)8-5-9-17)16(20-2)13-7-4-3-6-12(13)15/h10H,3-9,11,18H2,1-2H3. The topological polar surface area (TPSA) is 44.5 Å². The average Bonchev–Trinajstić information content (AvgIpc) is 2.45. The SMILES string of the molecule is COc1cc(C2(CN)CCC2)c(OC)c2c1CCCC2. The van der Waals surface area contributed by atoms with E-state index in [1.165, 1.54) is 48.8 Å². The van der Waals surface area contributed by atoms with Crippen molar-refractivity contribution in [3.05, 3.63) is 22.8 Å². The quantitative estimate of drug-likeness (QED) is 0.919. The highest BCUT2D eigenvalue weighted by atomic mass is 16.5. The molecule has 110 valence electrons. The summed E-state index contributed by atoms with van der Waals surface area (Å²) in [5, 5.41) is 0. The lowest BCUT2D eigenvalue weighted by Crippen LogP contribution is -2.42. The molecule has 0 heterocycles. The van der Waals surface area contributed by atoms with Gasteiger partial charge in [-0.15, -0.1) is 0 Å². The second kappa shape index (κ2) is 5.28. The van der Waals surface area contributed by atoms with E-state index in [0.29, 0.717) is 6.54 Å². The first-order valence-corrected chi connectivity index (χ1v) is 7.73. The molecule has 20 heavy (non-hydrogen) atoms. The zero-order valence-corrected chi connectivity index (χ0v) is 12.6. The molecule has 1 saturated carbocycles. The number of ether oxygens (including phenoxy) is 2. The Labute approximate surface area is 121 Å². The van der Waals surface area contributed by atoms with Gasteiger partial charge < -0.3 is 15.2 Å². The van der Waals surface area contributed by atoms with Crippen LogP contribution >= 0.6 is 0 Å². The Hall–Kier alpha value is -1.22. The van der Waals surface area contributed by atoms with Gasteiger partial charge in [0.15, 0.2) is 0 Å². The van der Waals surface area contributed by atoms with Crippen molar-refractivity contribution >= 4 is 0 Å². The third kappa shape index (κ3) is 1.91. The summed E-state index contributed by atoms with van der Waals surface area (Å²) < 4.78 is 11.5. The van der Waals surface area contributed by atoms with E-state index in [1.54, 1.807) is 14.2 Å². The summed E-state index contributed by atoms with van der Waals surface area (Å²) in [5.41, 5.74) is 10.2. The van der Waals surface area contributed by atoms with Gasteiger partial charge in [-0.05, 0) is 44.6 Å². The van der Waals surface area contributed by atoms with Crippen molar-refractivity contribution in [1.29, 1.82) is 0 Å². The van der Waals surface area contributed by atoms with E-state index in [4.69, 9.17) is 15.2 Å². The van der Waals surface area contributed by atoms with Crippen molar-refractivity contribution < 1.29 is 9.47 Å². The zero-order valence-electron chi connectivity index (χ0n) is 12.6. The fraction of sp³-hybridized carbons (Fsp3) is 0.647. The first-order chi connectivity index (χ1) is 9.75. The maximum Gasteiger partial charge on any atom is 0.126 e. The number of fused-ring (bicyclic) bond motifs is 1. The second-order valence-electron chi connectivity index (χ2n) is 6.16. The second-order valence-corrected chi connectivity index (χ2v) is 6.16. The third-order valence-electron chi connectivity index (χ3n) is 5.26. The van der Waals surface area contributed by atoms with Gasteiger partial charge in [0.2, 0.25) is 0 Å². The molecule has 1 fully saturated rings. The fourth-order valence-corrected chi connectivity index (χ4v) is 3.87. The lowest BCUT2D eigenvalue weighted by atomic mass is 9.63. The van der Waals surface area contributed by atoms with Crippen molar-refractivity contribution in [2.45, 2.75) is 50.4 Å². The zero-order chi connectivity index (χ0) is 14.2. The highest BCUT2D eigenvalue weighted by molar-refractivity contribution is 5.57. The molecule has 0 unspecified atom stereocenters. The van der Waals surface area contributed by atoms with Crippen LogP contribution in [0.4, 0.5) is 0 Å². The van der Waals surface area contributed by atoms with Gasteiger partial charge >= 0.3 is 0 Å². The van der Waals surface area contributed by atoms with Crippen molar-refractivity contribution in [2.24, 2.45) is 5.73 Å². The molecular weight excluding hydrogens is 250 g/mol. The van der Waals surface area contributed by atoms with E-state index >= 15 is 0 Å². The van der Waals surface area contributed by atoms with Gasteiger partial charge in [-0.3, -0.25) is 0 Å². The van der Waals surface area contributed by atoms with Crippen LogP contribution in [0.15, 0.2) is 6.07 Å². The van der Waals surface area contributed by atoms with Gasteiger partial charge in [0.1, 0.15) is 11.5 Å². The van der Waals surface area contributed by atoms with Crippen LogP contribution in [-0.2, 0) is 18.3 Å². The Morgan fingerprint density at radius 2 is 1.75 bits per heavy atom. The molecule has 2 aliphatic rings. The van der Waals surface area contributed by atoms with Crippen LogP contribution in [0.25, 0.3) is 0 Å².